The largest absolute Gasteiger partial charge is 0.461 e. The Morgan fingerprint density at radius 2 is 1.87 bits per heavy atom. The van der Waals surface area contributed by atoms with Crippen LogP contribution in [0.25, 0.3) is 0 Å². The van der Waals surface area contributed by atoms with Crippen molar-refractivity contribution in [1.82, 2.24) is 5.48 Å². The fourth-order valence-electron chi connectivity index (χ4n) is 1.47. The molecule has 0 bridgehead atoms. The summed E-state index contributed by atoms with van der Waals surface area (Å²) in [5.41, 5.74) is 4.02. The smallest absolute Gasteiger partial charge is 0.336 e. The highest BCUT2D eigenvalue weighted by Crippen LogP contribution is 2.15. The minimum Gasteiger partial charge on any atom is -0.461 e. The van der Waals surface area contributed by atoms with Crippen molar-refractivity contribution in [3.8, 4) is 0 Å². The van der Waals surface area contributed by atoms with Gasteiger partial charge in [-0.1, -0.05) is 24.3 Å². The van der Waals surface area contributed by atoms with Crippen LogP contribution in [-0.4, -0.2) is 33.7 Å². The van der Waals surface area contributed by atoms with Gasteiger partial charge in [-0.05, 0) is 32.9 Å². The number of aryl methyl sites for hydroxylation is 1. The Hall–Kier alpha value is -1.90. The van der Waals surface area contributed by atoms with Crippen LogP contribution < -0.4 is 5.48 Å². The lowest BCUT2D eigenvalue weighted by molar-refractivity contribution is -0.153. The molecule has 1 rings (SSSR count). The van der Waals surface area contributed by atoms with Gasteiger partial charge >= 0.3 is 5.97 Å². The van der Waals surface area contributed by atoms with E-state index in [0.717, 1.165) is 5.56 Å². The van der Waals surface area contributed by atoms with E-state index in [-0.39, 0.29) is 18.1 Å². The van der Waals surface area contributed by atoms with E-state index in [0.29, 0.717) is 5.70 Å². The number of hydrogen-bond acceptors (Lipinski definition) is 7. The normalized spacial score (nSPS) is 12.5. The lowest BCUT2D eigenvalue weighted by Crippen LogP contribution is -2.28. The third kappa shape index (κ3) is 6.81. The number of carbonyl (C=O) groups excluding carboxylic acids is 1. The summed E-state index contributed by atoms with van der Waals surface area (Å²) in [5, 5.41) is 0. The lowest BCUT2D eigenvalue weighted by Gasteiger charge is -2.13. The predicted molar refractivity (Wildman–Crippen MR) is 83.8 cm³/mol. The highest BCUT2D eigenvalue weighted by molar-refractivity contribution is 7.86. The number of nitrogens with one attached hydrogen (secondary N) is 1. The third-order valence-electron chi connectivity index (χ3n) is 2.59. The van der Waals surface area contributed by atoms with Crippen LogP contribution in [-0.2, 0) is 28.7 Å². The molecule has 0 aliphatic heterocycles. The molecule has 0 aliphatic carbocycles. The van der Waals surface area contributed by atoms with Gasteiger partial charge in [-0.25, -0.2) is 4.79 Å². The first-order valence-electron chi connectivity index (χ1n) is 6.92. The van der Waals surface area contributed by atoms with Crippen molar-refractivity contribution >= 4 is 16.1 Å². The second kappa shape index (κ2) is 8.66. The number of esters is 1. The number of hydrogen-bond donors (Lipinski definition) is 1. The van der Waals surface area contributed by atoms with Gasteiger partial charge in [0.25, 0.3) is 10.1 Å². The molecule has 0 fully saturated rings. The first-order chi connectivity index (χ1) is 10.7. The summed E-state index contributed by atoms with van der Waals surface area (Å²) in [4.78, 5) is 16.6. The first kappa shape index (κ1) is 19.1. The van der Waals surface area contributed by atoms with Gasteiger partial charge < -0.3 is 4.74 Å². The molecule has 1 N–H and O–H groups in total. The zero-order chi connectivity index (χ0) is 17.5. The number of ether oxygens (including phenoxy) is 1. The van der Waals surface area contributed by atoms with Gasteiger partial charge in [-0.15, -0.1) is 0 Å². The third-order valence-corrected chi connectivity index (χ3v) is 3.98. The monoisotopic (exact) mass is 343 g/mol. The molecule has 0 radical (unpaired) electrons. The van der Waals surface area contributed by atoms with Crippen LogP contribution in [0.4, 0.5) is 0 Å². The van der Waals surface area contributed by atoms with Crippen molar-refractivity contribution in [2.24, 2.45) is 0 Å². The highest BCUT2D eigenvalue weighted by atomic mass is 32.2. The van der Waals surface area contributed by atoms with E-state index in [4.69, 9.17) is 13.8 Å². The summed E-state index contributed by atoms with van der Waals surface area (Å²) in [6.45, 7) is 8.46. The van der Waals surface area contributed by atoms with E-state index in [2.05, 4.69) is 12.1 Å². The molecule has 0 spiro atoms. The molecule has 0 heterocycles. The highest BCUT2D eigenvalue weighted by Gasteiger charge is 2.24. The fraction of sp³-hybridized carbons (Fsp3) is 0.400. The van der Waals surface area contributed by atoms with Gasteiger partial charge in [-0.2, -0.15) is 8.42 Å². The molecule has 8 heteroatoms. The van der Waals surface area contributed by atoms with Gasteiger partial charge in [0.05, 0.1) is 4.90 Å². The lowest BCUT2D eigenvalue weighted by atomic mass is 10.2. The average molecular weight is 343 g/mol. The van der Waals surface area contributed by atoms with E-state index in [9.17, 15) is 13.2 Å². The van der Waals surface area contributed by atoms with Crippen LogP contribution in [0.2, 0.25) is 0 Å². The number of hydroxylamine groups is 1. The second-order valence-electron chi connectivity index (χ2n) is 4.90. The van der Waals surface area contributed by atoms with Crippen LogP contribution in [0.3, 0.4) is 0 Å². The van der Waals surface area contributed by atoms with Crippen molar-refractivity contribution < 1.29 is 27.0 Å². The fourth-order valence-corrected chi connectivity index (χ4v) is 2.50. The zero-order valence-electron chi connectivity index (χ0n) is 13.4. The molecular formula is C15H21NO6S. The molecule has 0 aliphatic rings. The quantitative estimate of drug-likeness (QED) is 0.316. The van der Waals surface area contributed by atoms with Gasteiger partial charge in [-0.3, -0.25) is 14.5 Å². The van der Waals surface area contributed by atoms with Crippen molar-refractivity contribution in [1.29, 1.82) is 0 Å². The van der Waals surface area contributed by atoms with Crippen LogP contribution in [0.5, 0.6) is 0 Å². The van der Waals surface area contributed by atoms with Gasteiger partial charge in [0.2, 0.25) is 0 Å². The molecule has 23 heavy (non-hydrogen) atoms. The summed E-state index contributed by atoms with van der Waals surface area (Å²) in [7, 11) is -4.02. The maximum Gasteiger partial charge on any atom is 0.336 e. The summed E-state index contributed by atoms with van der Waals surface area (Å²) in [6.07, 6.45) is -1.25. The molecule has 1 aromatic carbocycles. The van der Waals surface area contributed by atoms with Crippen molar-refractivity contribution in [2.45, 2.75) is 31.8 Å². The van der Waals surface area contributed by atoms with E-state index < -0.39 is 22.2 Å². The second-order valence-corrected chi connectivity index (χ2v) is 6.48. The molecule has 0 amide bonds. The minimum absolute atomic E-state index is 0.0169. The summed E-state index contributed by atoms with van der Waals surface area (Å²) < 4.78 is 33.8. The van der Waals surface area contributed by atoms with Gasteiger partial charge in [0.15, 0.2) is 6.10 Å². The number of benzene rings is 1. The van der Waals surface area contributed by atoms with Crippen LogP contribution in [0, 0.1) is 6.92 Å². The molecule has 0 aromatic heterocycles. The standard InChI is InChI=1S/C15H21NO6S/c1-11(2)16-21-10-9-20-15(17)13(4)22-23(18,19)14-7-5-12(3)6-8-14/h5-8,13,16H,1,9-10H2,2-4H3. The Balaban J connectivity index is 2.47. The maximum atomic E-state index is 12.0. The summed E-state index contributed by atoms with van der Waals surface area (Å²) in [5.74, 6) is -0.792. The van der Waals surface area contributed by atoms with E-state index in [1.165, 1.54) is 19.1 Å². The molecule has 1 aromatic rings. The molecule has 7 nitrogen and oxygen atoms in total. The Kier molecular flexibility index (Phi) is 7.21. The zero-order valence-corrected chi connectivity index (χ0v) is 14.2. The van der Waals surface area contributed by atoms with Crippen molar-refractivity contribution in [2.75, 3.05) is 13.2 Å². The van der Waals surface area contributed by atoms with Crippen LogP contribution in [0.15, 0.2) is 41.4 Å². The Labute approximate surface area is 136 Å². The number of rotatable bonds is 9. The average Bonchev–Trinajstić information content (AvgIpc) is 2.46. The molecule has 1 unspecified atom stereocenters. The van der Waals surface area contributed by atoms with Crippen LogP contribution >= 0.6 is 0 Å². The molecule has 0 saturated carbocycles. The molecule has 1 atom stereocenters. The van der Waals surface area contributed by atoms with Gasteiger partial charge in [0, 0.05) is 5.70 Å². The maximum absolute atomic E-state index is 12.0. The Bertz CT molecular complexity index is 638. The number of carbonyl (C=O) groups is 1. The predicted octanol–water partition coefficient (Wildman–Crippen LogP) is 1.69. The van der Waals surface area contributed by atoms with E-state index in [1.54, 1.807) is 19.1 Å². The first-order valence-corrected chi connectivity index (χ1v) is 8.33. The van der Waals surface area contributed by atoms with E-state index >= 15 is 0 Å². The Morgan fingerprint density at radius 3 is 2.43 bits per heavy atom. The van der Waals surface area contributed by atoms with Crippen LogP contribution in [0.1, 0.15) is 19.4 Å². The molecule has 128 valence electrons. The Morgan fingerprint density at radius 1 is 1.26 bits per heavy atom. The summed E-state index contributed by atoms with van der Waals surface area (Å²) in [6, 6.07) is 6.12. The van der Waals surface area contributed by atoms with Crippen molar-refractivity contribution in [3.05, 3.63) is 42.1 Å². The number of allylic oxidation sites excluding steroid dienone is 1. The summed E-state index contributed by atoms with van der Waals surface area (Å²) >= 11 is 0. The molecule has 0 saturated heterocycles. The minimum atomic E-state index is -4.02. The SMILES string of the molecule is C=C(C)NOCCOC(=O)C(C)OS(=O)(=O)c1ccc(C)cc1. The van der Waals surface area contributed by atoms with Crippen molar-refractivity contribution in [3.63, 3.8) is 0 Å². The molecular weight excluding hydrogens is 322 g/mol. The topological polar surface area (TPSA) is 90.9 Å². The van der Waals surface area contributed by atoms with E-state index in [1.807, 2.05) is 6.92 Å². The van der Waals surface area contributed by atoms with Gasteiger partial charge in [0.1, 0.15) is 13.2 Å².